The maximum absolute atomic E-state index is 13.9. The van der Waals surface area contributed by atoms with Gasteiger partial charge in [0.15, 0.2) is 11.8 Å². The van der Waals surface area contributed by atoms with Crippen molar-refractivity contribution in [2.45, 2.75) is 20.0 Å². The lowest BCUT2D eigenvalue weighted by molar-refractivity contribution is 0.0389. The van der Waals surface area contributed by atoms with Crippen LogP contribution in [0.5, 0.6) is 0 Å². The maximum atomic E-state index is 13.9. The van der Waals surface area contributed by atoms with E-state index < -0.39 is 11.6 Å². The highest BCUT2D eigenvalue weighted by Crippen LogP contribution is 2.10. The quantitative estimate of drug-likeness (QED) is 0.526. The van der Waals surface area contributed by atoms with E-state index in [1.165, 1.54) is 0 Å². The van der Waals surface area contributed by atoms with Crippen molar-refractivity contribution >= 4 is 5.96 Å². The summed E-state index contributed by atoms with van der Waals surface area (Å²) >= 11 is 0. The standard InChI is InChI=1S/C19H27F2N7O/c1-14-25-26-18(27(14)2)13-24-19(22-5-6-28-7-9-29-10-8-28)23-12-15-11-16(20)3-4-17(15)21/h3-4,11H,5-10,12-13H2,1-2H3,(H2,22,23,24). The number of rotatable bonds is 7. The lowest BCUT2D eigenvalue weighted by atomic mass is 10.2. The van der Waals surface area contributed by atoms with Gasteiger partial charge in [-0.1, -0.05) is 0 Å². The third-order valence-corrected chi connectivity index (χ3v) is 4.84. The second-order valence-electron chi connectivity index (χ2n) is 6.86. The molecule has 0 radical (unpaired) electrons. The van der Waals surface area contributed by atoms with Gasteiger partial charge in [0.05, 0.1) is 26.3 Å². The molecule has 2 heterocycles. The first-order chi connectivity index (χ1) is 14.0. The van der Waals surface area contributed by atoms with E-state index in [1.807, 2.05) is 18.5 Å². The number of nitrogens with zero attached hydrogens (tertiary/aromatic N) is 5. The van der Waals surface area contributed by atoms with Gasteiger partial charge >= 0.3 is 0 Å². The van der Waals surface area contributed by atoms with Gasteiger partial charge < -0.3 is 19.9 Å². The Morgan fingerprint density at radius 2 is 2.00 bits per heavy atom. The molecule has 1 saturated heterocycles. The van der Waals surface area contributed by atoms with Gasteiger partial charge in [-0.25, -0.2) is 13.8 Å². The Bertz CT molecular complexity index is 834. The van der Waals surface area contributed by atoms with Crippen LogP contribution in [0.4, 0.5) is 8.78 Å². The van der Waals surface area contributed by atoms with Crippen molar-refractivity contribution in [3.63, 3.8) is 0 Å². The van der Waals surface area contributed by atoms with Crippen LogP contribution in [0.2, 0.25) is 0 Å². The molecule has 1 aliphatic rings. The summed E-state index contributed by atoms with van der Waals surface area (Å²) in [5, 5.41) is 14.6. The van der Waals surface area contributed by atoms with Gasteiger partial charge in [0, 0.05) is 38.8 Å². The molecule has 0 unspecified atom stereocenters. The van der Waals surface area contributed by atoms with E-state index in [-0.39, 0.29) is 12.1 Å². The van der Waals surface area contributed by atoms with Gasteiger partial charge in [0.1, 0.15) is 17.5 Å². The number of guanidine groups is 1. The minimum absolute atomic E-state index is 0.0221. The van der Waals surface area contributed by atoms with Gasteiger partial charge in [0.25, 0.3) is 0 Å². The van der Waals surface area contributed by atoms with Crippen LogP contribution < -0.4 is 10.6 Å². The van der Waals surface area contributed by atoms with E-state index in [4.69, 9.17) is 4.74 Å². The molecule has 0 aliphatic carbocycles. The first-order valence-corrected chi connectivity index (χ1v) is 9.64. The molecular formula is C19H27F2N7O. The van der Waals surface area contributed by atoms with E-state index in [0.29, 0.717) is 19.0 Å². The van der Waals surface area contributed by atoms with Crippen LogP contribution >= 0.6 is 0 Å². The minimum atomic E-state index is -0.485. The zero-order valence-corrected chi connectivity index (χ0v) is 16.8. The van der Waals surface area contributed by atoms with Crippen molar-refractivity contribution in [2.24, 2.45) is 12.0 Å². The summed E-state index contributed by atoms with van der Waals surface area (Å²) < 4.78 is 34.6. The monoisotopic (exact) mass is 407 g/mol. The highest BCUT2D eigenvalue weighted by atomic mass is 19.1. The number of halogens is 2. The Labute approximate surface area is 169 Å². The van der Waals surface area contributed by atoms with Crippen LogP contribution in [-0.2, 0) is 24.9 Å². The van der Waals surface area contributed by atoms with E-state index >= 15 is 0 Å². The fraction of sp³-hybridized carbons (Fsp3) is 0.526. The number of aryl methyl sites for hydroxylation is 1. The molecule has 0 amide bonds. The highest BCUT2D eigenvalue weighted by molar-refractivity contribution is 5.79. The molecule has 10 heteroatoms. The van der Waals surface area contributed by atoms with E-state index in [2.05, 4.69) is 30.7 Å². The van der Waals surface area contributed by atoms with Crippen LogP contribution in [0.3, 0.4) is 0 Å². The molecule has 29 heavy (non-hydrogen) atoms. The Morgan fingerprint density at radius 3 is 2.72 bits per heavy atom. The average Bonchev–Trinajstić information content (AvgIpc) is 3.04. The van der Waals surface area contributed by atoms with Crippen molar-refractivity contribution in [1.29, 1.82) is 0 Å². The van der Waals surface area contributed by atoms with Crippen molar-refractivity contribution in [3.05, 3.63) is 47.0 Å². The third-order valence-electron chi connectivity index (χ3n) is 4.84. The lowest BCUT2D eigenvalue weighted by Gasteiger charge is -2.26. The van der Waals surface area contributed by atoms with Gasteiger partial charge in [-0.05, 0) is 25.1 Å². The number of hydrogen-bond donors (Lipinski definition) is 2. The van der Waals surface area contributed by atoms with Crippen LogP contribution in [0.25, 0.3) is 0 Å². The Balaban J connectivity index is 1.62. The molecule has 8 nitrogen and oxygen atoms in total. The average molecular weight is 407 g/mol. The molecule has 0 atom stereocenters. The summed E-state index contributed by atoms with van der Waals surface area (Å²) in [5.74, 6) is 1.10. The topological polar surface area (TPSA) is 79.6 Å². The number of aliphatic imine (C=N–C) groups is 1. The van der Waals surface area contributed by atoms with E-state index in [9.17, 15) is 8.78 Å². The first kappa shape index (κ1) is 21.1. The Morgan fingerprint density at radius 1 is 1.21 bits per heavy atom. The maximum Gasteiger partial charge on any atom is 0.192 e. The molecular weight excluding hydrogens is 380 g/mol. The summed E-state index contributed by atoms with van der Waals surface area (Å²) in [7, 11) is 1.89. The molecule has 1 fully saturated rings. The molecule has 0 saturated carbocycles. The molecule has 1 aliphatic heterocycles. The van der Waals surface area contributed by atoms with E-state index in [1.54, 1.807) is 0 Å². The second-order valence-corrected chi connectivity index (χ2v) is 6.86. The fourth-order valence-electron chi connectivity index (χ4n) is 2.93. The zero-order chi connectivity index (χ0) is 20.6. The lowest BCUT2D eigenvalue weighted by Crippen LogP contribution is -2.44. The predicted molar refractivity (Wildman–Crippen MR) is 105 cm³/mol. The molecule has 2 aromatic rings. The third kappa shape index (κ3) is 6.20. The molecule has 0 spiro atoms. The number of nitrogens with one attached hydrogen (secondary N) is 2. The number of ether oxygens (including phenoxy) is 1. The fourth-order valence-corrected chi connectivity index (χ4v) is 2.93. The van der Waals surface area contributed by atoms with Crippen molar-refractivity contribution < 1.29 is 13.5 Å². The van der Waals surface area contributed by atoms with Crippen LogP contribution in [0, 0.1) is 18.6 Å². The molecule has 1 aromatic carbocycles. The first-order valence-electron chi connectivity index (χ1n) is 9.64. The van der Waals surface area contributed by atoms with Gasteiger partial charge in [-0.2, -0.15) is 0 Å². The highest BCUT2D eigenvalue weighted by Gasteiger charge is 2.11. The zero-order valence-electron chi connectivity index (χ0n) is 16.8. The summed E-state index contributed by atoms with van der Waals surface area (Å²) in [4.78, 5) is 6.72. The second kappa shape index (κ2) is 10.3. The normalized spacial score (nSPS) is 15.5. The number of aromatic nitrogens is 3. The SMILES string of the molecule is Cc1nnc(CNC(=NCc2cc(F)ccc2F)NCCN2CCOCC2)n1C. The van der Waals surface area contributed by atoms with E-state index in [0.717, 1.165) is 62.7 Å². The number of benzene rings is 1. The van der Waals surface area contributed by atoms with Crippen molar-refractivity contribution in [2.75, 3.05) is 39.4 Å². The number of hydrogen-bond acceptors (Lipinski definition) is 5. The molecule has 1 aromatic heterocycles. The van der Waals surface area contributed by atoms with Crippen LogP contribution in [0.15, 0.2) is 23.2 Å². The molecule has 3 rings (SSSR count). The molecule has 0 bridgehead atoms. The smallest absolute Gasteiger partial charge is 0.192 e. The van der Waals surface area contributed by atoms with Crippen LogP contribution in [0.1, 0.15) is 17.2 Å². The summed E-state index contributed by atoms with van der Waals surface area (Å²) in [6, 6.07) is 3.37. The summed E-state index contributed by atoms with van der Waals surface area (Å²) in [5.41, 5.74) is 0.203. The van der Waals surface area contributed by atoms with Crippen molar-refractivity contribution in [1.82, 2.24) is 30.3 Å². The summed E-state index contributed by atoms with van der Waals surface area (Å²) in [6.45, 7) is 7.08. The summed E-state index contributed by atoms with van der Waals surface area (Å²) in [6.07, 6.45) is 0. The minimum Gasteiger partial charge on any atom is -0.379 e. The molecule has 158 valence electrons. The Hall–Kier alpha value is -2.59. The number of morpholine rings is 1. The predicted octanol–water partition coefficient (Wildman–Crippen LogP) is 0.969. The van der Waals surface area contributed by atoms with Gasteiger partial charge in [0.2, 0.25) is 0 Å². The molecule has 2 N–H and O–H groups in total. The largest absolute Gasteiger partial charge is 0.379 e. The Kier molecular flexibility index (Phi) is 7.48. The van der Waals surface area contributed by atoms with Crippen molar-refractivity contribution in [3.8, 4) is 0 Å². The van der Waals surface area contributed by atoms with Gasteiger partial charge in [-0.3, -0.25) is 4.90 Å². The van der Waals surface area contributed by atoms with Gasteiger partial charge in [-0.15, -0.1) is 10.2 Å². The van der Waals surface area contributed by atoms with Crippen LogP contribution in [-0.4, -0.2) is 65.0 Å².